The zero-order valence-electron chi connectivity index (χ0n) is 28.8. The molecule has 2 heterocycles. The van der Waals surface area contributed by atoms with Crippen molar-refractivity contribution >= 4 is 82.4 Å². The minimum absolute atomic E-state index is 0.861. The first-order valence-corrected chi connectivity index (χ1v) is 18.1. The van der Waals surface area contributed by atoms with Crippen LogP contribution in [0, 0.1) is 0 Å². The smallest absolute Gasteiger partial charge is 0.159 e. The molecule has 9 aromatic carbocycles. The third-order valence-corrected chi connectivity index (χ3v) is 10.7. The van der Waals surface area contributed by atoms with Crippen molar-refractivity contribution in [2.24, 2.45) is 0 Å². The summed E-state index contributed by atoms with van der Waals surface area (Å²) in [5.41, 5.74) is 10.7. The van der Waals surface area contributed by atoms with Crippen molar-refractivity contribution in [2.45, 2.75) is 0 Å². The van der Waals surface area contributed by atoms with Crippen molar-refractivity contribution in [1.82, 2.24) is 4.57 Å². The van der Waals surface area contributed by atoms with E-state index < -0.39 is 0 Å². The van der Waals surface area contributed by atoms with Gasteiger partial charge in [-0.2, -0.15) is 0 Å². The van der Waals surface area contributed by atoms with Crippen molar-refractivity contribution in [1.29, 1.82) is 0 Å². The van der Waals surface area contributed by atoms with Crippen molar-refractivity contribution in [3.05, 3.63) is 194 Å². The minimum atomic E-state index is 0.861. The lowest BCUT2D eigenvalue weighted by Gasteiger charge is -2.28. The molecule has 3 heteroatoms. The Morgan fingerprint density at radius 1 is 0.358 bits per heavy atom. The van der Waals surface area contributed by atoms with Gasteiger partial charge in [0.25, 0.3) is 0 Å². The molecular weight excluding hydrogens is 645 g/mol. The number of rotatable bonds is 5. The van der Waals surface area contributed by atoms with Gasteiger partial charge in [-0.3, -0.25) is 0 Å². The highest BCUT2D eigenvalue weighted by molar-refractivity contribution is 6.18. The summed E-state index contributed by atoms with van der Waals surface area (Å²) >= 11 is 0. The fourth-order valence-corrected chi connectivity index (χ4v) is 8.32. The summed E-state index contributed by atoms with van der Waals surface area (Å²) in [6, 6.07) is 69.7. The SMILES string of the molecule is c1ccc(-c2cc(N(c3ccc4c(c3)c3ccccc3n4-c3ccccc3)c3cccc4c3oc3c5ccccc5ccc43)c3ccccc3c2)cc1. The molecule has 11 rings (SSSR count). The maximum atomic E-state index is 7.02. The fraction of sp³-hybridized carbons (Fsp3) is 0. The van der Waals surface area contributed by atoms with Crippen LogP contribution in [0.5, 0.6) is 0 Å². The largest absolute Gasteiger partial charge is 0.453 e. The first-order valence-electron chi connectivity index (χ1n) is 18.1. The average molecular weight is 677 g/mol. The Hall–Kier alpha value is -7.10. The summed E-state index contributed by atoms with van der Waals surface area (Å²) in [4.78, 5) is 2.41. The molecule has 248 valence electrons. The summed E-state index contributed by atoms with van der Waals surface area (Å²) < 4.78 is 9.39. The number of furan rings is 1. The third kappa shape index (κ3) is 4.61. The molecule has 2 aromatic heterocycles. The highest BCUT2D eigenvalue weighted by Crippen LogP contribution is 2.47. The number of benzene rings is 9. The highest BCUT2D eigenvalue weighted by atomic mass is 16.3. The number of anilines is 3. The van der Waals surface area contributed by atoms with E-state index >= 15 is 0 Å². The van der Waals surface area contributed by atoms with Crippen molar-refractivity contribution in [2.75, 3.05) is 4.90 Å². The number of nitrogens with zero attached hydrogens (tertiary/aromatic N) is 2. The molecule has 0 radical (unpaired) electrons. The number of hydrogen-bond donors (Lipinski definition) is 0. The normalized spacial score (nSPS) is 11.8. The van der Waals surface area contributed by atoms with E-state index in [1.165, 1.54) is 32.6 Å². The van der Waals surface area contributed by atoms with E-state index in [0.29, 0.717) is 0 Å². The van der Waals surface area contributed by atoms with E-state index in [9.17, 15) is 0 Å². The van der Waals surface area contributed by atoms with Gasteiger partial charge in [0.1, 0.15) is 5.58 Å². The molecule has 0 aliphatic carbocycles. The summed E-state index contributed by atoms with van der Waals surface area (Å²) in [6.45, 7) is 0. The quantitative estimate of drug-likeness (QED) is 0.181. The molecule has 3 nitrogen and oxygen atoms in total. The Kier molecular flexibility index (Phi) is 6.55. The molecule has 0 atom stereocenters. The van der Waals surface area contributed by atoms with Gasteiger partial charge in [0.05, 0.1) is 22.4 Å². The molecule has 0 saturated heterocycles. The Morgan fingerprint density at radius 3 is 1.87 bits per heavy atom. The molecule has 0 unspecified atom stereocenters. The van der Waals surface area contributed by atoms with Crippen LogP contribution in [0.1, 0.15) is 0 Å². The maximum Gasteiger partial charge on any atom is 0.159 e. The van der Waals surface area contributed by atoms with Crippen molar-refractivity contribution < 1.29 is 4.42 Å². The van der Waals surface area contributed by atoms with Crippen LogP contribution in [0.3, 0.4) is 0 Å². The van der Waals surface area contributed by atoms with Crippen LogP contribution < -0.4 is 4.90 Å². The minimum Gasteiger partial charge on any atom is -0.453 e. The van der Waals surface area contributed by atoms with E-state index in [4.69, 9.17) is 4.42 Å². The lowest BCUT2D eigenvalue weighted by atomic mass is 9.98. The number of para-hydroxylation sites is 3. The van der Waals surface area contributed by atoms with Gasteiger partial charge in [-0.15, -0.1) is 0 Å². The first kappa shape index (κ1) is 29.6. The van der Waals surface area contributed by atoms with Crippen LogP contribution in [0.2, 0.25) is 0 Å². The summed E-state index contributed by atoms with van der Waals surface area (Å²) in [6.07, 6.45) is 0. The van der Waals surface area contributed by atoms with Gasteiger partial charge in [-0.25, -0.2) is 0 Å². The number of fused-ring (bicyclic) bond motifs is 9. The van der Waals surface area contributed by atoms with Gasteiger partial charge >= 0.3 is 0 Å². The standard InChI is InChI=1S/C50H32N2O/c1-3-14-33(15-4-1)36-30-35-17-8-9-20-39(35)48(31-36)52(47-25-13-23-42-43-28-26-34-16-7-10-21-40(34)49(43)53-50(42)47)38-27-29-46-44(32-38)41-22-11-12-24-45(41)51(46)37-18-5-2-6-19-37/h1-32H. The fourth-order valence-electron chi connectivity index (χ4n) is 8.32. The van der Waals surface area contributed by atoms with Gasteiger partial charge in [0.15, 0.2) is 5.58 Å². The molecule has 0 aliphatic rings. The van der Waals surface area contributed by atoms with E-state index in [2.05, 4.69) is 204 Å². The second kappa shape index (κ2) is 11.7. The van der Waals surface area contributed by atoms with Crippen LogP contribution in [0.15, 0.2) is 199 Å². The van der Waals surface area contributed by atoms with Gasteiger partial charge in [-0.05, 0) is 82.6 Å². The Balaban J connectivity index is 1.25. The van der Waals surface area contributed by atoms with Gasteiger partial charge in [-0.1, -0.05) is 133 Å². The van der Waals surface area contributed by atoms with Gasteiger partial charge in [0, 0.05) is 43.7 Å². The third-order valence-electron chi connectivity index (χ3n) is 10.7. The van der Waals surface area contributed by atoms with E-state index in [1.807, 2.05) is 0 Å². The maximum absolute atomic E-state index is 7.02. The highest BCUT2D eigenvalue weighted by Gasteiger charge is 2.24. The average Bonchev–Trinajstić information content (AvgIpc) is 3.78. The zero-order chi connectivity index (χ0) is 34.9. The van der Waals surface area contributed by atoms with Crippen LogP contribution in [0.25, 0.3) is 82.1 Å². The molecule has 0 spiro atoms. The molecule has 11 aromatic rings. The van der Waals surface area contributed by atoms with E-state index in [1.54, 1.807) is 0 Å². The summed E-state index contributed by atoms with van der Waals surface area (Å²) in [5, 5.41) is 9.24. The zero-order valence-corrected chi connectivity index (χ0v) is 28.8. The monoisotopic (exact) mass is 676 g/mol. The molecule has 0 fully saturated rings. The molecule has 0 N–H and O–H groups in total. The van der Waals surface area contributed by atoms with Crippen LogP contribution in [0.4, 0.5) is 17.1 Å². The molecule has 0 amide bonds. The lowest BCUT2D eigenvalue weighted by molar-refractivity contribution is 0.673. The van der Waals surface area contributed by atoms with Gasteiger partial charge < -0.3 is 13.9 Å². The van der Waals surface area contributed by atoms with E-state index in [-0.39, 0.29) is 0 Å². The van der Waals surface area contributed by atoms with Crippen molar-refractivity contribution in [3.8, 4) is 16.8 Å². The lowest BCUT2D eigenvalue weighted by Crippen LogP contribution is -2.11. The summed E-state index contributed by atoms with van der Waals surface area (Å²) in [7, 11) is 0. The number of hydrogen-bond acceptors (Lipinski definition) is 2. The first-order chi connectivity index (χ1) is 26.3. The van der Waals surface area contributed by atoms with E-state index in [0.717, 1.165) is 66.5 Å². The van der Waals surface area contributed by atoms with Crippen LogP contribution in [-0.2, 0) is 0 Å². The van der Waals surface area contributed by atoms with Gasteiger partial charge in [0.2, 0.25) is 0 Å². The number of aromatic nitrogens is 1. The topological polar surface area (TPSA) is 21.3 Å². The molecule has 0 saturated carbocycles. The van der Waals surface area contributed by atoms with Crippen molar-refractivity contribution in [3.63, 3.8) is 0 Å². The van der Waals surface area contributed by atoms with Crippen LogP contribution in [-0.4, -0.2) is 4.57 Å². The molecule has 0 bridgehead atoms. The second-order valence-corrected chi connectivity index (χ2v) is 13.7. The second-order valence-electron chi connectivity index (χ2n) is 13.7. The van der Waals surface area contributed by atoms with Crippen LogP contribution >= 0.6 is 0 Å². The predicted molar refractivity (Wildman–Crippen MR) is 223 cm³/mol. The summed E-state index contributed by atoms with van der Waals surface area (Å²) in [5.74, 6) is 0. The Morgan fingerprint density at radius 2 is 1.02 bits per heavy atom. The molecular formula is C50H32N2O. The molecule has 53 heavy (non-hydrogen) atoms. The Labute approximate surface area is 306 Å². The molecule has 0 aliphatic heterocycles. The Bertz CT molecular complexity index is 3170. The predicted octanol–water partition coefficient (Wildman–Crippen LogP) is 14.1.